The van der Waals surface area contributed by atoms with Crippen LogP contribution in [0.1, 0.15) is 31.6 Å². The van der Waals surface area contributed by atoms with Crippen molar-refractivity contribution in [3.8, 4) is 0 Å². The lowest BCUT2D eigenvalue weighted by Crippen LogP contribution is -2.42. The molecule has 1 aliphatic heterocycles. The molecule has 120 valence electrons. The van der Waals surface area contributed by atoms with Crippen molar-refractivity contribution in [1.82, 2.24) is 4.90 Å². The lowest BCUT2D eigenvalue weighted by atomic mass is 10.1. The molecule has 1 saturated heterocycles. The van der Waals surface area contributed by atoms with E-state index in [0.29, 0.717) is 13.1 Å². The summed E-state index contributed by atoms with van der Waals surface area (Å²) in [5.41, 5.74) is 0.558. The van der Waals surface area contributed by atoms with Gasteiger partial charge in [-0.3, -0.25) is 10.1 Å². The van der Waals surface area contributed by atoms with Gasteiger partial charge in [0.2, 0.25) is 0 Å². The van der Waals surface area contributed by atoms with E-state index < -0.39 is 10.5 Å². The van der Waals surface area contributed by atoms with E-state index in [1.54, 1.807) is 28.8 Å². The zero-order chi connectivity index (χ0) is 16.3. The third-order valence-electron chi connectivity index (χ3n) is 3.19. The molecule has 22 heavy (non-hydrogen) atoms. The van der Waals surface area contributed by atoms with Crippen molar-refractivity contribution in [1.29, 1.82) is 0 Å². The number of hydrogen-bond donors (Lipinski definition) is 0. The van der Waals surface area contributed by atoms with Gasteiger partial charge in [0.1, 0.15) is 5.60 Å². The summed E-state index contributed by atoms with van der Waals surface area (Å²) in [5, 5.41) is 10.8. The Kier molecular flexibility index (Phi) is 4.95. The number of amides is 1. The molecule has 1 aromatic rings. The Balaban J connectivity index is 2.04. The molecule has 1 fully saturated rings. The van der Waals surface area contributed by atoms with E-state index in [0.717, 1.165) is 11.3 Å². The largest absolute Gasteiger partial charge is 0.444 e. The summed E-state index contributed by atoms with van der Waals surface area (Å²) in [6.45, 7) is 6.74. The minimum absolute atomic E-state index is 0.0774. The van der Waals surface area contributed by atoms with Crippen LogP contribution >= 0.6 is 11.8 Å². The smallest absolute Gasteiger partial charge is 0.410 e. The van der Waals surface area contributed by atoms with Crippen LogP contribution in [0.2, 0.25) is 0 Å². The predicted octanol–water partition coefficient (Wildman–Crippen LogP) is 3.62. The standard InChI is InChI=1S/C15H20N2O4S/c1-15(2,3)21-14(18)16-8-9-22-13(10-16)11-4-6-12(7-5-11)17(19)20/h4-7,13H,8-10H2,1-3H3. The Labute approximate surface area is 134 Å². The Morgan fingerprint density at radius 2 is 2.00 bits per heavy atom. The second-order valence-corrected chi connectivity index (χ2v) is 7.45. The number of benzene rings is 1. The number of nitro groups is 1. The minimum Gasteiger partial charge on any atom is -0.444 e. The molecule has 1 amide bonds. The molecule has 0 aromatic heterocycles. The number of hydrogen-bond acceptors (Lipinski definition) is 5. The first-order valence-electron chi connectivity index (χ1n) is 7.10. The van der Waals surface area contributed by atoms with Gasteiger partial charge in [0, 0.05) is 36.2 Å². The Bertz CT molecular complexity index is 554. The van der Waals surface area contributed by atoms with Crippen molar-refractivity contribution in [2.75, 3.05) is 18.8 Å². The maximum atomic E-state index is 12.1. The number of carbonyl (C=O) groups is 1. The number of nitro benzene ring substituents is 1. The number of carbonyl (C=O) groups excluding carboxylic acids is 1. The molecule has 0 aliphatic carbocycles. The molecular formula is C15H20N2O4S. The summed E-state index contributed by atoms with van der Waals surface area (Å²) < 4.78 is 5.40. The van der Waals surface area contributed by atoms with Gasteiger partial charge >= 0.3 is 6.09 Å². The molecule has 0 radical (unpaired) electrons. The fourth-order valence-corrected chi connectivity index (χ4v) is 3.40. The highest BCUT2D eigenvalue weighted by Crippen LogP contribution is 2.34. The molecule has 0 spiro atoms. The number of ether oxygens (including phenoxy) is 1. The maximum Gasteiger partial charge on any atom is 0.410 e. The van der Waals surface area contributed by atoms with E-state index in [-0.39, 0.29) is 17.0 Å². The summed E-state index contributed by atoms with van der Waals surface area (Å²) in [6, 6.07) is 6.52. The van der Waals surface area contributed by atoms with Crippen molar-refractivity contribution in [2.24, 2.45) is 0 Å². The van der Waals surface area contributed by atoms with Crippen LogP contribution in [0.25, 0.3) is 0 Å². The molecule has 1 heterocycles. The molecule has 2 rings (SSSR count). The van der Waals surface area contributed by atoms with Crippen LogP contribution in [0, 0.1) is 10.1 Å². The van der Waals surface area contributed by atoms with Gasteiger partial charge in [-0.05, 0) is 26.3 Å². The zero-order valence-corrected chi connectivity index (χ0v) is 13.8. The van der Waals surface area contributed by atoms with Crippen molar-refractivity contribution < 1.29 is 14.5 Å². The van der Waals surface area contributed by atoms with E-state index in [4.69, 9.17) is 4.74 Å². The first-order valence-corrected chi connectivity index (χ1v) is 8.15. The highest BCUT2D eigenvalue weighted by atomic mass is 32.2. The lowest BCUT2D eigenvalue weighted by molar-refractivity contribution is -0.384. The fraction of sp³-hybridized carbons (Fsp3) is 0.533. The van der Waals surface area contributed by atoms with Gasteiger partial charge in [-0.1, -0.05) is 12.1 Å². The summed E-state index contributed by atoms with van der Waals surface area (Å²) in [5.74, 6) is 0.820. The van der Waals surface area contributed by atoms with Gasteiger partial charge in [-0.15, -0.1) is 0 Å². The van der Waals surface area contributed by atoms with Crippen molar-refractivity contribution in [3.63, 3.8) is 0 Å². The molecule has 1 unspecified atom stereocenters. The van der Waals surface area contributed by atoms with Crippen LogP contribution in [0.4, 0.5) is 10.5 Å². The first-order chi connectivity index (χ1) is 10.3. The van der Waals surface area contributed by atoms with Crippen LogP contribution in [0.15, 0.2) is 24.3 Å². The van der Waals surface area contributed by atoms with E-state index >= 15 is 0 Å². The van der Waals surface area contributed by atoms with E-state index in [1.807, 2.05) is 20.8 Å². The number of thioether (sulfide) groups is 1. The Morgan fingerprint density at radius 1 is 1.36 bits per heavy atom. The van der Waals surface area contributed by atoms with Crippen LogP contribution in [0.3, 0.4) is 0 Å². The molecular weight excluding hydrogens is 304 g/mol. The second-order valence-electron chi connectivity index (χ2n) is 6.13. The van der Waals surface area contributed by atoms with E-state index in [9.17, 15) is 14.9 Å². The summed E-state index contributed by atoms with van der Waals surface area (Å²) >= 11 is 1.75. The van der Waals surface area contributed by atoms with Gasteiger partial charge in [-0.25, -0.2) is 4.79 Å². The zero-order valence-electron chi connectivity index (χ0n) is 12.9. The van der Waals surface area contributed by atoms with Gasteiger partial charge in [0.25, 0.3) is 5.69 Å². The third-order valence-corrected chi connectivity index (χ3v) is 4.44. The van der Waals surface area contributed by atoms with Gasteiger partial charge < -0.3 is 9.64 Å². The van der Waals surface area contributed by atoms with E-state index in [2.05, 4.69) is 0 Å². The predicted molar refractivity (Wildman–Crippen MR) is 86.1 cm³/mol. The molecule has 0 saturated carbocycles. The van der Waals surface area contributed by atoms with E-state index in [1.165, 1.54) is 12.1 Å². The molecule has 6 nitrogen and oxygen atoms in total. The highest BCUT2D eigenvalue weighted by Gasteiger charge is 2.28. The van der Waals surface area contributed by atoms with Crippen molar-refractivity contribution in [2.45, 2.75) is 31.6 Å². The normalized spacial score (nSPS) is 18.9. The quantitative estimate of drug-likeness (QED) is 0.613. The van der Waals surface area contributed by atoms with Crippen LogP contribution in [-0.2, 0) is 4.74 Å². The summed E-state index contributed by atoms with van der Waals surface area (Å²) in [7, 11) is 0. The maximum absolute atomic E-state index is 12.1. The lowest BCUT2D eigenvalue weighted by Gasteiger charge is -2.34. The van der Waals surface area contributed by atoms with Gasteiger partial charge in [-0.2, -0.15) is 11.8 Å². The van der Waals surface area contributed by atoms with Crippen LogP contribution in [0.5, 0.6) is 0 Å². The van der Waals surface area contributed by atoms with Crippen molar-refractivity contribution in [3.05, 3.63) is 39.9 Å². The first kappa shape index (κ1) is 16.6. The number of nitrogens with zero attached hydrogens (tertiary/aromatic N) is 2. The number of non-ortho nitro benzene ring substituents is 1. The molecule has 1 atom stereocenters. The molecule has 0 bridgehead atoms. The molecule has 0 N–H and O–H groups in total. The summed E-state index contributed by atoms with van der Waals surface area (Å²) in [4.78, 5) is 24.1. The Morgan fingerprint density at radius 3 is 2.55 bits per heavy atom. The van der Waals surface area contributed by atoms with Gasteiger partial charge in [0.15, 0.2) is 0 Å². The van der Waals surface area contributed by atoms with Gasteiger partial charge in [0.05, 0.1) is 4.92 Å². The minimum atomic E-state index is -0.509. The highest BCUT2D eigenvalue weighted by molar-refractivity contribution is 7.99. The topological polar surface area (TPSA) is 72.7 Å². The average Bonchev–Trinajstić information content (AvgIpc) is 2.46. The summed E-state index contributed by atoms with van der Waals surface area (Å²) in [6.07, 6.45) is -0.306. The number of rotatable bonds is 2. The average molecular weight is 324 g/mol. The molecule has 1 aromatic carbocycles. The third kappa shape index (κ3) is 4.37. The Hall–Kier alpha value is -1.76. The molecule has 1 aliphatic rings. The van der Waals surface area contributed by atoms with Crippen molar-refractivity contribution >= 4 is 23.5 Å². The van der Waals surface area contributed by atoms with Crippen LogP contribution in [-0.4, -0.2) is 40.4 Å². The monoisotopic (exact) mass is 324 g/mol. The fourth-order valence-electron chi connectivity index (χ4n) is 2.15. The molecule has 7 heteroatoms. The second kappa shape index (κ2) is 6.56. The van der Waals surface area contributed by atoms with Crippen LogP contribution < -0.4 is 0 Å². The SMILES string of the molecule is CC(C)(C)OC(=O)N1CCSC(c2ccc([N+](=O)[O-])cc2)C1.